The predicted molar refractivity (Wildman–Crippen MR) is 69.1 cm³/mol. The lowest BCUT2D eigenvalue weighted by molar-refractivity contribution is -0.0211. The van der Waals surface area contributed by atoms with Crippen molar-refractivity contribution in [1.29, 1.82) is 0 Å². The van der Waals surface area contributed by atoms with Gasteiger partial charge in [0, 0.05) is 37.9 Å². The highest BCUT2D eigenvalue weighted by Crippen LogP contribution is 2.16. The zero-order valence-corrected chi connectivity index (χ0v) is 10.6. The highest BCUT2D eigenvalue weighted by molar-refractivity contribution is 5.43. The van der Waals surface area contributed by atoms with Gasteiger partial charge in [-0.1, -0.05) is 6.07 Å². The highest BCUT2D eigenvalue weighted by atomic mass is 16.5. The molecule has 1 aliphatic rings. The van der Waals surface area contributed by atoms with Crippen molar-refractivity contribution in [2.45, 2.75) is 26.5 Å². The van der Waals surface area contributed by atoms with Crippen molar-refractivity contribution in [3.05, 3.63) is 23.9 Å². The quantitative estimate of drug-likeness (QED) is 0.862. The molecule has 0 amide bonds. The van der Waals surface area contributed by atoms with Crippen LogP contribution in [0.3, 0.4) is 0 Å². The van der Waals surface area contributed by atoms with E-state index in [0.717, 1.165) is 38.6 Å². The van der Waals surface area contributed by atoms with E-state index in [1.165, 1.54) is 5.56 Å². The standard InChI is InChI=1S/C13H21N3O/c1-3-14-13-12(5-4-6-15-13)10-16-7-8-17-11(2)9-16/h4-6,11H,3,7-10H2,1-2H3,(H,14,15). The second-order valence-electron chi connectivity index (χ2n) is 4.46. The Labute approximate surface area is 103 Å². The number of nitrogens with one attached hydrogen (secondary N) is 1. The minimum atomic E-state index is 0.336. The summed E-state index contributed by atoms with van der Waals surface area (Å²) in [5.41, 5.74) is 1.27. The number of hydrogen-bond acceptors (Lipinski definition) is 4. The molecule has 4 nitrogen and oxygen atoms in total. The van der Waals surface area contributed by atoms with Crippen molar-refractivity contribution in [3.63, 3.8) is 0 Å². The number of hydrogen-bond donors (Lipinski definition) is 1. The van der Waals surface area contributed by atoms with Gasteiger partial charge in [-0.3, -0.25) is 4.90 Å². The fraction of sp³-hybridized carbons (Fsp3) is 0.615. The Bertz CT molecular complexity index is 356. The summed E-state index contributed by atoms with van der Waals surface area (Å²) in [4.78, 5) is 6.81. The lowest BCUT2D eigenvalue weighted by atomic mass is 10.2. The Kier molecular flexibility index (Phi) is 4.34. The van der Waals surface area contributed by atoms with Crippen molar-refractivity contribution in [2.75, 3.05) is 31.6 Å². The van der Waals surface area contributed by atoms with Crippen LogP contribution in [0, 0.1) is 0 Å². The molecule has 0 bridgehead atoms. The first kappa shape index (κ1) is 12.3. The van der Waals surface area contributed by atoms with Crippen LogP contribution in [0.15, 0.2) is 18.3 Å². The van der Waals surface area contributed by atoms with Gasteiger partial charge in [0.05, 0.1) is 12.7 Å². The van der Waals surface area contributed by atoms with E-state index in [2.05, 4.69) is 35.1 Å². The predicted octanol–water partition coefficient (Wildman–Crippen LogP) is 1.73. The van der Waals surface area contributed by atoms with Gasteiger partial charge in [-0.05, 0) is 19.9 Å². The smallest absolute Gasteiger partial charge is 0.130 e. The monoisotopic (exact) mass is 235 g/mol. The van der Waals surface area contributed by atoms with Crippen molar-refractivity contribution < 1.29 is 4.74 Å². The molecule has 94 valence electrons. The average molecular weight is 235 g/mol. The summed E-state index contributed by atoms with van der Waals surface area (Å²) in [7, 11) is 0. The Morgan fingerprint density at radius 1 is 1.59 bits per heavy atom. The third kappa shape index (κ3) is 3.41. The molecule has 1 aromatic heterocycles. The van der Waals surface area contributed by atoms with Crippen LogP contribution in [0.4, 0.5) is 5.82 Å². The number of anilines is 1. The van der Waals surface area contributed by atoms with Crippen LogP contribution in [0.5, 0.6) is 0 Å². The molecular weight excluding hydrogens is 214 g/mol. The van der Waals surface area contributed by atoms with Crippen LogP contribution >= 0.6 is 0 Å². The van der Waals surface area contributed by atoms with Crippen LogP contribution < -0.4 is 5.32 Å². The maximum Gasteiger partial charge on any atom is 0.130 e. The van der Waals surface area contributed by atoms with Gasteiger partial charge in [-0.15, -0.1) is 0 Å². The lowest BCUT2D eigenvalue weighted by Crippen LogP contribution is -2.40. The molecule has 1 atom stereocenters. The summed E-state index contributed by atoms with van der Waals surface area (Å²) >= 11 is 0. The molecule has 1 N–H and O–H groups in total. The van der Waals surface area contributed by atoms with Gasteiger partial charge >= 0.3 is 0 Å². The summed E-state index contributed by atoms with van der Waals surface area (Å²) in [6, 6.07) is 4.14. The van der Waals surface area contributed by atoms with Crippen molar-refractivity contribution in [3.8, 4) is 0 Å². The summed E-state index contributed by atoms with van der Waals surface area (Å²) in [6.07, 6.45) is 2.17. The lowest BCUT2D eigenvalue weighted by Gasteiger charge is -2.31. The van der Waals surface area contributed by atoms with Crippen LogP contribution in [-0.2, 0) is 11.3 Å². The number of morpholine rings is 1. The second-order valence-corrected chi connectivity index (χ2v) is 4.46. The zero-order valence-electron chi connectivity index (χ0n) is 10.6. The topological polar surface area (TPSA) is 37.4 Å². The summed E-state index contributed by atoms with van der Waals surface area (Å²) in [5.74, 6) is 1.01. The Hall–Kier alpha value is -1.13. The minimum absolute atomic E-state index is 0.336. The molecule has 1 fully saturated rings. The molecule has 1 aromatic rings. The number of aromatic nitrogens is 1. The first-order chi connectivity index (χ1) is 8.29. The van der Waals surface area contributed by atoms with E-state index in [9.17, 15) is 0 Å². The fourth-order valence-corrected chi connectivity index (χ4v) is 2.17. The highest BCUT2D eigenvalue weighted by Gasteiger charge is 2.17. The third-order valence-corrected chi connectivity index (χ3v) is 2.95. The van der Waals surface area contributed by atoms with E-state index in [-0.39, 0.29) is 0 Å². The Morgan fingerprint density at radius 2 is 2.47 bits per heavy atom. The molecule has 4 heteroatoms. The van der Waals surface area contributed by atoms with Crippen molar-refractivity contribution >= 4 is 5.82 Å². The fourth-order valence-electron chi connectivity index (χ4n) is 2.17. The van der Waals surface area contributed by atoms with E-state index >= 15 is 0 Å². The molecule has 1 unspecified atom stereocenters. The molecule has 0 spiro atoms. The van der Waals surface area contributed by atoms with Crippen LogP contribution in [0.25, 0.3) is 0 Å². The molecule has 0 saturated carbocycles. The maximum absolute atomic E-state index is 5.55. The van der Waals surface area contributed by atoms with Gasteiger partial charge in [0.25, 0.3) is 0 Å². The second kappa shape index (κ2) is 5.98. The van der Waals surface area contributed by atoms with Gasteiger partial charge in [0.2, 0.25) is 0 Å². The Morgan fingerprint density at radius 3 is 3.24 bits per heavy atom. The minimum Gasteiger partial charge on any atom is -0.376 e. The summed E-state index contributed by atoms with van der Waals surface area (Å²) in [6.45, 7) is 8.91. The van der Waals surface area contributed by atoms with Crippen LogP contribution in [0.2, 0.25) is 0 Å². The number of pyridine rings is 1. The SMILES string of the molecule is CCNc1ncccc1CN1CCOC(C)C1. The molecule has 2 heterocycles. The van der Waals surface area contributed by atoms with Gasteiger partial charge in [0.15, 0.2) is 0 Å². The van der Waals surface area contributed by atoms with Crippen molar-refractivity contribution in [2.24, 2.45) is 0 Å². The molecule has 1 saturated heterocycles. The molecule has 1 aliphatic heterocycles. The normalized spacial score (nSPS) is 21.4. The third-order valence-electron chi connectivity index (χ3n) is 2.95. The van der Waals surface area contributed by atoms with Crippen LogP contribution in [0.1, 0.15) is 19.4 Å². The average Bonchev–Trinajstić information content (AvgIpc) is 2.32. The largest absolute Gasteiger partial charge is 0.376 e. The van der Waals surface area contributed by atoms with E-state index in [1.807, 2.05) is 12.3 Å². The number of rotatable bonds is 4. The molecule has 0 aromatic carbocycles. The number of nitrogens with zero attached hydrogens (tertiary/aromatic N) is 2. The molecule has 0 aliphatic carbocycles. The molecule has 2 rings (SSSR count). The van der Waals surface area contributed by atoms with Gasteiger partial charge < -0.3 is 10.1 Å². The molecule has 17 heavy (non-hydrogen) atoms. The summed E-state index contributed by atoms with van der Waals surface area (Å²) < 4.78 is 5.55. The maximum atomic E-state index is 5.55. The van der Waals surface area contributed by atoms with Gasteiger partial charge in [0.1, 0.15) is 5.82 Å². The summed E-state index contributed by atoms with van der Waals surface area (Å²) in [5, 5.41) is 3.31. The first-order valence-electron chi connectivity index (χ1n) is 6.31. The molecular formula is C13H21N3O. The van der Waals surface area contributed by atoms with E-state index < -0.39 is 0 Å². The van der Waals surface area contributed by atoms with E-state index in [4.69, 9.17) is 4.74 Å². The van der Waals surface area contributed by atoms with Crippen molar-refractivity contribution in [1.82, 2.24) is 9.88 Å². The number of ether oxygens (including phenoxy) is 1. The van der Waals surface area contributed by atoms with E-state index in [0.29, 0.717) is 6.10 Å². The van der Waals surface area contributed by atoms with Gasteiger partial charge in [-0.2, -0.15) is 0 Å². The molecule has 0 radical (unpaired) electrons. The Balaban J connectivity index is 2.01. The van der Waals surface area contributed by atoms with E-state index in [1.54, 1.807) is 0 Å². The van der Waals surface area contributed by atoms with Gasteiger partial charge in [-0.25, -0.2) is 4.98 Å². The van der Waals surface area contributed by atoms with Crippen LogP contribution in [-0.4, -0.2) is 42.2 Å². The first-order valence-corrected chi connectivity index (χ1v) is 6.31. The zero-order chi connectivity index (χ0) is 12.1.